The second-order valence-corrected chi connectivity index (χ2v) is 5.38. The van der Waals surface area contributed by atoms with Crippen LogP contribution in [0.15, 0.2) is 18.2 Å². The number of nitrogens with one attached hydrogen (secondary N) is 2. The first kappa shape index (κ1) is 16.6. The summed E-state index contributed by atoms with van der Waals surface area (Å²) < 4.78 is 11.0. The third-order valence-electron chi connectivity index (χ3n) is 3.73. The minimum absolute atomic E-state index is 0.114. The lowest BCUT2D eigenvalue weighted by Gasteiger charge is -2.23. The quantitative estimate of drug-likeness (QED) is 0.812. The van der Waals surface area contributed by atoms with Gasteiger partial charge in [0.1, 0.15) is 11.5 Å². The van der Waals surface area contributed by atoms with Crippen LogP contribution in [-0.4, -0.2) is 38.3 Å². The molecule has 1 aromatic rings. The molecule has 1 heterocycles. The summed E-state index contributed by atoms with van der Waals surface area (Å²) in [5.74, 6) is 1.17. The molecule has 22 heavy (non-hydrogen) atoms. The van der Waals surface area contributed by atoms with Gasteiger partial charge in [0.15, 0.2) is 0 Å². The molecule has 0 unspecified atom stereocenters. The Morgan fingerprint density at radius 3 is 2.77 bits per heavy atom. The van der Waals surface area contributed by atoms with Gasteiger partial charge in [-0.25, -0.2) is 0 Å². The minimum Gasteiger partial charge on any atom is -0.494 e. The molecule has 2 N–H and O–H groups in total. The van der Waals surface area contributed by atoms with E-state index in [0.717, 1.165) is 13.0 Å². The van der Waals surface area contributed by atoms with E-state index >= 15 is 0 Å². The Morgan fingerprint density at radius 2 is 2.09 bits per heavy atom. The van der Waals surface area contributed by atoms with Crippen molar-refractivity contribution < 1.29 is 14.3 Å². The molecular formula is C17H26N2O3. The maximum atomic E-state index is 12.5. The molecule has 0 aliphatic carbocycles. The van der Waals surface area contributed by atoms with Crippen LogP contribution in [0.2, 0.25) is 0 Å². The average Bonchev–Trinajstić information content (AvgIpc) is 2.55. The van der Waals surface area contributed by atoms with Gasteiger partial charge in [-0.15, -0.1) is 0 Å². The van der Waals surface area contributed by atoms with Gasteiger partial charge in [-0.2, -0.15) is 0 Å². The molecule has 0 aromatic heterocycles. The van der Waals surface area contributed by atoms with Gasteiger partial charge in [-0.3, -0.25) is 4.79 Å². The normalized spacial score (nSPS) is 17.8. The van der Waals surface area contributed by atoms with Crippen molar-refractivity contribution >= 4 is 5.91 Å². The molecule has 1 atom stereocenters. The Morgan fingerprint density at radius 1 is 1.27 bits per heavy atom. The van der Waals surface area contributed by atoms with E-state index in [9.17, 15) is 4.79 Å². The van der Waals surface area contributed by atoms with E-state index in [1.807, 2.05) is 19.9 Å². The van der Waals surface area contributed by atoms with Crippen LogP contribution >= 0.6 is 0 Å². The van der Waals surface area contributed by atoms with Gasteiger partial charge in [0.25, 0.3) is 5.91 Å². The number of amides is 1. The van der Waals surface area contributed by atoms with E-state index in [0.29, 0.717) is 42.9 Å². The largest absolute Gasteiger partial charge is 0.494 e. The van der Waals surface area contributed by atoms with Crippen molar-refractivity contribution in [3.63, 3.8) is 0 Å². The summed E-state index contributed by atoms with van der Waals surface area (Å²) in [5, 5.41) is 6.43. The van der Waals surface area contributed by atoms with Crippen molar-refractivity contribution in [3.05, 3.63) is 23.8 Å². The van der Waals surface area contributed by atoms with Crippen LogP contribution in [0, 0.1) is 0 Å². The first-order valence-electron chi connectivity index (χ1n) is 8.15. The molecule has 5 nitrogen and oxygen atoms in total. The number of rotatable bonds is 7. The van der Waals surface area contributed by atoms with Crippen LogP contribution in [0.1, 0.15) is 43.5 Å². The Kier molecular flexibility index (Phi) is 6.52. The molecule has 1 aliphatic rings. The molecule has 122 valence electrons. The fourth-order valence-corrected chi connectivity index (χ4v) is 2.63. The molecule has 1 aliphatic heterocycles. The highest BCUT2D eigenvalue weighted by Crippen LogP contribution is 2.24. The molecule has 0 spiro atoms. The number of benzene rings is 1. The molecule has 1 amide bonds. The molecule has 0 bridgehead atoms. The first-order chi connectivity index (χ1) is 10.7. The fraction of sp³-hybridized carbons (Fsp3) is 0.588. The fourth-order valence-electron chi connectivity index (χ4n) is 2.63. The SMILES string of the molecule is CCOc1ccc(OCC)c(C(=O)NC[C@H]2CCCCN2)c1. The lowest BCUT2D eigenvalue weighted by Crippen LogP contribution is -2.43. The van der Waals surface area contributed by atoms with Crippen LogP contribution in [-0.2, 0) is 0 Å². The lowest BCUT2D eigenvalue weighted by molar-refractivity contribution is 0.0943. The summed E-state index contributed by atoms with van der Waals surface area (Å²) in [7, 11) is 0. The molecule has 1 fully saturated rings. The van der Waals surface area contributed by atoms with Crippen LogP contribution in [0.5, 0.6) is 11.5 Å². The Hall–Kier alpha value is -1.75. The minimum atomic E-state index is -0.114. The van der Waals surface area contributed by atoms with E-state index in [1.165, 1.54) is 12.8 Å². The smallest absolute Gasteiger partial charge is 0.255 e. The van der Waals surface area contributed by atoms with E-state index < -0.39 is 0 Å². The second kappa shape index (κ2) is 8.63. The van der Waals surface area contributed by atoms with Gasteiger partial charge in [0.05, 0.1) is 18.8 Å². The average molecular weight is 306 g/mol. The molecular weight excluding hydrogens is 280 g/mol. The summed E-state index contributed by atoms with van der Waals surface area (Å²) in [5.41, 5.74) is 0.531. The van der Waals surface area contributed by atoms with E-state index in [2.05, 4.69) is 10.6 Å². The summed E-state index contributed by atoms with van der Waals surface area (Å²) in [6, 6.07) is 5.73. The number of carbonyl (C=O) groups is 1. The van der Waals surface area contributed by atoms with E-state index in [1.54, 1.807) is 12.1 Å². The Bertz CT molecular complexity index is 485. The number of piperidine rings is 1. The van der Waals surface area contributed by atoms with Crippen LogP contribution in [0.3, 0.4) is 0 Å². The van der Waals surface area contributed by atoms with Gasteiger partial charge in [0.2, 0.25) is 0 Å². The maximum Gasteiger partial charge on any atom is 0.255 e. The predicted molar refractivity (Wildman–Crippen MR) is 86.8 cm³/mol. The van der Waals surface area contributed by atoms with Crippen molar-refractivity contribution in [3.8, 4) is 11.5 Å². The summed E-state index contributed by atoms with van der Waals surface area (Å²) in [6.45, 7) is 6.60. The van der Waals surface area contributed by atoms with Gasteiger partial charge < -0.3 is 20.1 Å². The standard InChI is InChI=1S/C17H26N2O3/c1-3-21-14-8-9-16(22-4-2)15(11-14)17(20)19-12-13-7-5-6-10-18-13/h8-9,11,13,18H,3-7,10,12H2,1-2H3,(H,19,20)/t13-/m1/s1. The summed E-state index contributed by atoms with van der Waals surface area (Å²) >= 11 is 0. The monoisotopic (exact) mass is 306 g/mol. The van der Waals surface area contributed by atoms with E-state index in [-0.39, 0.29) is 5.91 Å². The summed E-state index contributed by atoms with van der Waals surface area (Å²) in [6.07, 6.45) is 3.55. The van der Waals surface area contributed by atoms with Gasteiger partial charge >= 0.3 is 0 Å². The molecule has 1 saturated heterocycles. The van der Waals surface area contributed by atoms with E-state index in [4.69, 9.17) is 9.47 Å². The zero-order chi connectivity index (χ0) is 15.8. The molecule has 0 radical (unpaired) electrons. The van der Waals surface area contributed by atoms with Crippen molar-refractivity contribution in [2.45, 2.75) is 39.2 Å². The zero-order valence-corrected chi connectivity index (χ0v) is 13.5. The number of carbonyl (C=O) groups excluding carboxylic acids is 1. The van der Waals surface area contributed by atoms with Crippen molar-refractivity contribution in [2.24, 2.45) is 0 Å². The summed E-state index contributed by atoms with van der Waals surface area (Å²) in [4.78, 5) is 12.5. The highest BCUT2D eigenvalue weighted by atomic mass is 16.5. The maximum absolute atomic E-state index is 12.5. The van der Waals surface area contributed by atoms with Crippen molar-refractivity contribution in [1.82, 2.24) is 10.6 Å². The molecule has 0 saturated carbocycles. The highest BCUT2D eigenvalue weighted by molar-refractivity contribution is 5.97. The molecule has 2 rings (SSSR count). The molecule has 1 aromatic carbocycles. The van der Waals surface area contributed by atoms with Crippen LogP contribution in [0.4, 0.5) is 0 Å². The Balaban J connectivity index is 2.03. The third-order valence-corrected chi connectivity index (χ3v) is 3.73. The van der Waals surface area contributed by atoms with Crippen molar-refractivity contribution in [2.75, 3.05) is 26.3 Å². The second-order valence-electron chi connectivity index (χ2n) is 5.38. The van der Waals surface area contributed by atoms with Crippen molar-refractivity contribution in [1.29, 1.82) is 0 Å². The number of hydrogen-bond acceptors (Lipinski definition) is 4. The predicted octanol–water partition coefficient (Wildman–Crippen LogP) is 2.36. The lowest BCUT2D eigenvalue weighted by atomic mass is 10.0. The van der Waals surface area contributed by atoms with Crippen LogP contribution in [0.25, 0.3) is 0 Å². The zero-order valence-electron chi connectivity index (χ0n) is 13.5. The number of hydrogen-bond donors (Lipinski definition) is 2. The topological polar surface area (TPSA) is 59.6 Å². The Labute approximate surface area is 132 Å². The highest BCUT2D eigenvalue weighted by Gasteiger charge is 2.17. The third kappa shape index (κ3) is 4.63. The van der Waals surface area contributed by atoms with Gasteiger partial charge in [0, 0.05) is 12.6 Å². The van der Waals surface area contributed by atoms with Gasteiger partial charge in [-0.1, -0.05) is 6.42 Å². The first-order valence-corrected chi connectivity index (χ1v) is 8.15. The van der Waals surface area contributed by atoms with Gasteiger partial charge in [-0.05, 0) is 51.4 Å². The number of ether oxygens (including phenoxy) is 2. The molecule has 5 heteroatoms. The van der Waals surface area contributed by atoms with Crippen LogP contribution < -0.4 is 20.1 Å².